The summed E-state index contributed by atoms with van der Waals surface area (Å²) in [5.74, 6) is 0.0277. The van der Waals surface area contributed by atoms with Gasteiger partial charge >= 0.3 is 0 Å². The zero-order valence-corrected chi connectivity index (χ0v) is 12.4. The van der Waals surface area contributed by atoms with Crippen LogP contribution in [-0.4, -0.2) is 5.91 Å². The maximum atomic E-state index is 12.2. The molecule has 0 spiro atoms. The highest BCUT2D eigenvalue weighted by molar-refractivity contribution is 7.12. The maximum Gasteiger partial charge on any atom is 0.262 e. The molecule has 0 aliphatic rings. The summed E-state index contributed by atoms with van der Waals surface area (Å²) in [7, 11) is 0. The molecule has 3 heteroatoms. The Balaban J connectivity index is 2.13. The molecule has 2 rings (SSSR count). The Hall–Kier alpha value is -1.61. The predicted molar refractivity (Wildman–Crippen MR) is 80.7 cm³/mol. The summed E-state index contributed by atoms with van der Waals surface area (Å²) in [6, 6.07) is 10.4. The summed E-state index contributed by atoms with van der Waals surface area (Å²) in [6.07, 6.45) is 0.888. The molecule has 1 amide bonds. The van der Waals surface area contributed by atoms with Gasteiger partial charge in [-0.2, -0.15) is 0 Å². The Kier molecular flexibility index (Phi) is 4.38. The van der Waals surface area contributed by atoms with Crippen molar-refractivity contribution >= 4 is 17.2 Å². The molecule has 100 valence electrons. The fourth-order valence-electron chi connectivity index (χ4n) is 2.05. The topological polar surface area (TPSA) is 29.1 Å². The van der Waals surface area contributed by atoms with E-state index >= 15 is 0 Å². The lowest BCUT2D eigenvalue weighted by molar-refractivity contribution is 0.0939. The number of rotatable bonds is 4. The second-order valence-corrected chi connectivity index (χ2v) is 5.69. The molecule has 1 aromatic heterocycles. The van der Waals surface area contributed by atoms with Gasteiger partial charge in [0.05, 0.1) is 10.9 Å². The smallest absolute Gasteiger partial charge is 0.262 e. The van der Waals surface area contributed by atoms with Crippen LogP contribution < -0.4 is 5.32 Å². The van der Waals surface area contributed by atoms with Crippen LogP contribution in [0.25, 0.3) is 0 Å². The van der Waals surface area contributed by atoms with Crippen molar-refractivity contribution in [2.24, 2.45) is 0 Å². The van der Waals surface area contributed by atoms with Crippen molar-refractivity contribution < 1.29 is 4.79 Å². The van der Waals surface area contributed by atoms with E-state index in [0.29, 0.717) is 0 Å². The molecule has 1 atom stereocenters. The van der Waals surface area contributed by atoms with E-state index in [1.807, 2.05) is 18.4 Å². The van der Waals surface area contributed by atoms with E-state index in [1.54, 1.807) is 0 Å². The Labute approximate surface area is 118 Å². The zero-order chi connectivity index (χ0) is 13.8. The molecule has 0 unspecified atom stereocenters. The van der Waals surface area contributed by atoms with E-state index in [4.69, 9.17) is 0 Å². The number of benzene rings is 1. The number of thiophene rings is 1. The van der Waals surface area contributed by atoms with Gasteiger partial charge in [0.2, 0.25) is 0 Å². The summed E-state index contributed by atoms with van der Waals surface area (Å²) >= 11 is 1.50. The number of nitrogens with one attached hydrogen (secondary N) is 1. The Morgan fingerprint density at radius 2 is 1.89 bits per heavy atom. The normalized spacial score (nSPS) is 12.2. The number of hydrogen-bond donors (Lipinski definition) is 1. The van der Waals surface area contributed by atoms with Crippen molar-refractivity contribution in [1.29, 1.82) is 0 Å². The van der Waals surface area contributed by atoms with E-state index in [-0.39, 0.29) is 11.9 Å². The average molecular weight is 273 g/mol. The second kappa shape index (κ2) is 6.02. The van der Waals surface area contributed by atoms with E-state index < -0.39 is 0 Å². The van der Waals surface area contributed by atoms with Crippen molar-refractivity contribution in [3.05, 3.63) is 57.3 Å². The standard InChI is InChI=1S/C16H19NOS/c1-4-14(13-7-5-11(2)6-8-13)17-16(18)15-12(3)9-10-19-15/h5-10,14H,4H2,1-3H3,(H,17,18)/t14-/m0/s1. The third kappa shape index (κ3) is 3.24. The Morgan fingerprint density at radius 1 is 1.21 bits per heavy atom. The molecule has 0 radical (unpaired) electrons. The number of aryl methyl sites for hydroxylation is 2. The minimum Gasteiger partial charge on any atom is -0.345 e. The highest BCUT2D eigenvalue weighted by Crippen LogP contribution is 2.20. The van der Waals surface area contributed by atoms with Crippen LogP contribution in [0.3, 0.4) is 0 Å². The first-order chi connectivity index (χ1) is 9.11. The Morgan fingerprint density at radius 3 is 2.42 bits per heavy atom. The fourth-order valence-corrected chi connectivity index (χ4v) is 2.88. The summed E-state index contributed by atoms with van der Waals surface area (Å²) in [6.45, 7) is 6.13. The van der Waals surface area contributed by atoms with Crippen molar-refractivity contribution in [2.75, 3.05) is 0 Å². The molecular weight excluding hydrogens is 254 g/mol. The number of carbonyl (C=O) groups is 1. The fraction of sp³-hybridized carbons (Fsp3) is 0.312. The van der Waals surface area contributed by atoms with Crippen molar-refractivity contribution in [2.45, 2.75) is 33.2 Å². The summed E-state index contributed by atoms with van der Waals surface area (Å²) < 4.78 is 0. The lowest BCUT2D eigenvalue weighted by Crippen LogP contribution is -2.27. The lowest BCUT2D eigenvalue weighted by Gasteiger charge is -2.17. The van der Waals surface area contributed by atoms with Crippen LogP contribution in [0.4, 0.5) is 0 Å². The van der Waals surface area contributed by atoms with Gasteiger partial charge in [-0.3, -0.25) is 4.79 Å². The molecule has 0 saturated heterocycles. The molecular formula is C16H19NOS. The minimum atomic E-state index is 0.0277. The van der Waals surface area contributed by atoms with Gasteiger partial charge in [-0.1, -0.05) is 36.8 Å². The van der Waals surface area contributed by atoms with Crippen molar-refractivity contribution in [1.82, 2.24) is 5.32 Å². The van der Waals surface area contributed by atoms with Crippen LogP contribution in [0.5, 0.6) is 0 Å². The van der Waals surface area contributed by atoms with Crippen LogP contribution in [-0.2, 0) is 0 Å². The highest BCUT2D eigenvalue weighted by Gasteiger charge is 2.16. The summed E-state index contributed by atoms with van der Waals surface area (Å²) in [5, 5.41) is 5.07. The lowest BCUT2D eigenvalue weighted by atomic mass is 10.0. The van der Waals surface area contributed by atoms with E-state index in [1.165, 1.54) is 16.9 Å². The Bertz CT molecular complexity index is 556. The zero-order valence-electron chi connectivity index (χ0n) is 11.6. The third-order valence-electron chi connectivity index (χ3n) is 3.26. The van der Waals surface area contributed by atoms with E-state index in [9.17, 15) is 4.79 Å². The molecule has 1 heterocycles. The predicted octanol–water partition coefficient (Wildman–Crippen LogP) is 4.25. The van der Waals surface area contributed by atoms with Crippen LogP contribution in [0.15, 0.2) is 35.7 Å². The second-order valence-electron chi connectivity index (χ2n) is 4.78. The van der Waals surface area contributed by atoms with Gasteiger partial charge in [0.1, 0.15) is 0 Å². The molecule has 0 aliphatic carbocycles. The first kappa shape index (κ1) is 13.8. The van der Waals surface area contributed by atoms with Gasteiger partial charge in [-0.05, 0) is 42.8 Å². The minimum absolute atomic E-state index is 0.0277. The molecule has 1 aromatic carbocycles. The number of hydrogen-bond acceptors (Lipinski definition) is 2. The average Bonchev–Trinajstić information content (AvgIpc) is 2.83. The first-order valence-electron chi connectivity index (χ1n) is 6.53. The van der Waals surface area contributed by atoms with Crippen LogP contribution >= 0.6 is 11.3 Å². The molecule has 2 aromatic rings. The van der Waals surface area contributed by atoms with Gasteiger partial charge in [-0.15, -0.1) is 11.3 Å². The van der Waals surface area contributed by atoms with Gasteiger partial charge in [0.25, 0.3) is 5.91 Å². The van der Waals surface area contributed by atoms with Crippen LogP contribution in [0, 0.1) is 13.8 Å². The largest absolute Gasteiger partial charge is 0.345 e. The third-order valence-corrected chi connectivity index (χ3v) is 4.28. The van der Waals surface area contributed by atoms with Gasteiger partial charge in [-0.25, -0.2) is 0 Å². The summed E-state index contributed by atoms with van der Waals surface area (Å²) in [4.78, 5) is 13.0. The van der Waals surface area contributed by atoms with Crippen molar-refractivity contribution in [3.63, 3.8) is 0 Å². The van der Waals surface area contributed by atoms with Gasteiger partial charge in [0, 0.05) is 0 Å². The molecule has 0 fully saturated rings. The van der Waals surface area contributed by atoms with Crippen molar-refractivity contribution in [3.8, 4) is 0 Å². The van der Waals surface area contributed by atoms with Gasteiger partial charge in [0.15, 0.2) is 0 Å². The van der Waals surface area contributed by atoms with Crippen LogP contribution in [0.1, 0.15) is 45.7 Å². The number of carbonyl (C=O) groups excluding carboxylic acids is 1. The van der Waals surface area contributed by atoms with Gasteiger partial charge < -0.3 is 5.32 Å². The molecule has 0 aliphatic heterocycles. The van der Waals surface area contributed by atoms with E-state index in [2.05, 4.69) is 43.4 Å². The quantitative estimate of drug-likeness (QED) is 0.886. The molecule has 0 bridgehead atoms. The molecule has 0 saturated carbocycles. The summed E-state index contributed by atoms with van der Waals surface area (Å²) in [5.41, 5.74) is 3.44. The van der Waals surface area contributed by atoms with Crippen LogP contribution in [0.2, 0.25) is 0 Å². The highest BCUT2D eigenvalue weighted by atomic mass is 32.1. The van der Waals surface area contributed by atoms with E-state index in [0.717, 1.165) is 22.4 Å². The molecule has 2 nitrogen and oxygen atoms in total. The maximum absolute atomic E-state index is 12.2. The first-order valence-corrected chi connectivity index (χ1v) is 7.41. The monoisotopic (exact) mass is 273 g/mol. The number of amides is 1. The SMILES string of the molecule is CC[C@H](NC(=O)c1sccc1C)c1ccc(C)cc1. The molecule has 19 heavy (non-hydrogen) atoms. The molecule has 1 N–H and O–H groups in total.